The molecule has 0 fully saturated rings. The van der Waals surface area contributed by atoms with E-state index >= 15 is 0 Å². The molecule has 1 N–H and O–H groups in total. The van der Waals surface area contributed by atoms with E-state index < -0.39 is 0 Å². The Kier molecular flexibility index (Phi) is 6.60. The van der Waals surface area contributed by atoms with Crippen LogP contribution in [0, 0.1) is 13.8 Å². The molecule has 0 spiro atoms. The summed E-state index contributed by atoms with van der Waals surface area (Å²) in [6.45, 7) is 7.06. The summed E-state index contributed by atoms with van der Waals surface area (Å²) in [6, 6.07) is 0. The molecule has 0 unspecified atom stereocenters. The number of carbonyl (C=O) groups is 1. The van der Waals surface area contributed by atoms with Gasteiger partial charge in [0.1, 0.15) is 0 Å². The fourth-order valence-corrected chi connectivity index (χ4v) is 2.29. The molecule has 0 bridgehead atoms. The minimum Gasteiger partial charge on any atom is -0.356 e. The summed E-state index contributed by atoms with van der Waals surface area (Å²) in [7, 11) is 1.94. The van der Waals surface area contributed by atoms with Gasteiger partial charge in [0.05, 0.1) is 5.69 Å². The van der Waals surface area contributed by atoms with Gasteiger partial charge in [-0.1, -0.05) is 26.2 Å². The third-order valence-electron chi connectivity index (χ3n) is 3.61. The second kappa shape index (κ2) is 7.97. The molecular weight excluding hydrogens is 238 g/mol. The maximum absolute atomic E-state index is 11.7. The average molecular weight is 265 g/mol. The topological polar surface area (TPSA) is 46.9 Å². The van der Waals surface area contributed by atoms with Crippen molar-refractivity contribution in [2.45, 2.75) is 59.3 Å². The largest absolute Gasteiger partial charge is 0.356 e. The van der Waals surface area contributed by atoms with E-state index in [0.717, 1.165) is 30.8 Å². The Hall–Kier alpha value is -1.32. The number of nitrogens with one attached hydrogen (secondary N) is 1. The molecule has 1 amide bonds. The molecule has 108 valence electrons. The molecule has 4 heteroatoms. The van der Waals surface area contributed by atoms with Crippen molar-refractivity contribution in [1.29, 1.82) is 0 Å². The summed E-state index contributed by atoms with van der Waals surface area (Å²) in [5, 5.41) is 7.36. The molecule has 0 saturated heterocycles. The first kappa shape index (κ1) is 15.7. The van der Waals surface area contributed by atoms with Crippen LogP contribution in [0.3, 0.4) is 0 Å². The zero-order valence-electron chi connectivity index (χ0n) is 12.8. The summed E-state index contributed by atoms with van der Waals surface area (Å²) >= 11 is 0. The highest BCUT2D eigenvalue weighted by Gasteiger charge is 2.10. The first-order chi connectivity index (χ1) is 9.06. The highest BCUT2D eigenvalue weighted by molar-refractivity contribution is 5.76. The van der Waals surface area contributed by atoms with Crippen LogP contribution >= 0.6 is 0 Å². The van der Waals surface area contributed by atoms with Crippen LogP contribution in [0.15, 0.2) is 0 Å². The highest BCUT2D eigenvalue weighted by Crippen LogP contribution is 2.13. The van der Waals surface area contributed by atoms with Crippen molar-refractivity contribution in [2.75, 3.05) is 6.54 Å². The fourth-order valence-electron chi connectivity index (χ4n) is 2.29. The molecule has 0 aliphatic rings. The van der Waals surface area contributed by atoms with E-state index in [-0.39, 0.29) is 5.91 Å². The molecule has 1 rings (SSSR count). The van der Waals surface area contributed by atoms with Crippen molar-refractivity contribution in [3.05, 3.63) is 17.0 Å². The molecule has 1 aromatic rings. The fraction of sp³-hybridized carbons (Fsp3) is 0.733. The summed E-state index contributed by atoms with van der Waals surface area (Å²) in [6.07, 6.45) is 6.12. The van der Waals surface area contributed by atoms with Crippen molar-refractivity contribution in [2.24, 2.45) is 7.05 Å². The Morgan fingerprint density at radius 1 is 1.26 bits per heavy atom. The number of hydrogen-bond acceptors (Lipinski definition) is 2. The van der Waals surface area contributed by atoms with Crippen molar-refractivity contribution < 1.29 is 4.79 Å². The van der Waals surface area contributed by atoms with Crippen LogP contribution in [0.2, 0.25) is 0 Å². The van der Waals surface area contributed by atoms with E-state index in [1.807, 2.05) is 18.7 Å². The lowest BCUT2D eigenvalue weighted by Gasteiger charge is -2.05. The number of hydrogen-bond donors (Lipinski definition) is 1. The average Bonchev–Trinajstić information content (AvgIpc) is 2.61. The molecule has 0 aliphatic carbocycles. The van der Waals surface area contributed by atoms with Crippen molar-refractivity contribution >= 4 is 5.91 Å². The van der Waals surface area contributed by atoms with Gasteiger partial charge in [0, 0.05) is 25.7 Å². The first-order valence-electron chi connectivity index (χ1n) is 7.32. The molecule has 0 radical (unpaired) electrons. The van der Waals surface area contributed by atoms with E-state index in [9.17, 15) is 4.79 Å². The van der Waals surface area contributed by atoms with E-state index in [0.29, 0.717) is 6.42 Å². The zero-order valence-corrected chi connectivity index (χ0v) is 12.8. The predicted molar refractivity (Wildman–Crippen MR) is 78.2 cm³/mol. The highest BCUT2D eigenvalue weighted by atomic mass is 16.1. The Morgan fingerprint density at radius 2 is 2.00 bits per heavy atom. The standard InChI is InChI=1S/C15H27N3O/c1-5-6-7-8-11-16-15(19)10-9-14-12(2)17-18(4)13(14)3/h5-11H2,1-4H3,(H,16,19). The molecule has 0 aliphatic heterocycles. The van der Waals surface area contributed by atoms with Crippen molar-refractivity contribution in [3.63, 3.8) is 0 Å². The number of unbranched alkanes of at least 4 members (excludes halogenated alkanes) is 3. The van der Waals surface area contributed by atoms with Crippen molar-refractivity contribution in [1.82, 2.24) is 15.1 Å². The van der Waals surface area contributed by atoms with Gasteiger partial charge in [-0.05, 0) is 32.3 Å². The zero-order chi connectivity index (χ0) is 14.3. The smallest absolute Gasteiger partial charge is 0.220 e. The number of amides is 1. The van der Waals surface area contributed by atoms with Gasteiger partial charge in [-0.3, -0.25) is 9.48 Å². The number of rotatable bonds is 8. The van der Waals surface area contributed by atoms with Gasteiger partial charge in [-0.2, -0.15) is 5.10 Å². The van der Waals surface area contributed by atoms with Crippen LogP contribution in [0.25, 0.3) is 0 Å². The number of aromatic nitrogens is 2. The third kappa shape index (κ3) is 5.05. The van der Waals surface area contributed by atoms with Crippen molar-refractivity contribution in [3.8, 4) is 0 Å². The third-order valence-corrected chi connectivity index (χ3v) is 3.61. The van der Waals surface area contributed by atoms with Crippen LogP contribution in [0.1, 0.15) is 56.0 Å². The SMILES string of the molecule is CCCCCCNC(=O)CCc1c(C)nn(C)c1C. The molecule has 1 heterocycles. The number of nitrogens with zero attached hydrogens (tertiary/aromatic N) is 2. The lowest BCUT2D eigenvalue weighted by Crippen LogP contribution is -2.24. The monoisotopic (exact) mass is 265 g/mol. The Labute approximate surface area is 116 Å². The Morgan fingerprint density at radius 3 is 2.58 bits per heavy atom. The molecule has 4 nitrogen and oxygen atoms in total. The number of aryl methyl sites for hydroxylation is 2. The lowest BCUT2D eigenvalue weighted by atomic mass is 10.1. The number of carbonyl (C=O) groups excluding carboxylic acids is 1. The van der Waals surface area contributed by atoms with E-state index in [1.54, 1.807) is 0 Å². The maximum atomic E-state index is 11.7. The van der Waals surface area contributed by atoms with E-state index in [4.69, 9.17) is 0 Å². The van der Waals surface area contributed by atoms with Crippen LogP contribution in [0.4, 0.5) is 0 Å². The lowest BCUT2D eigenvalue weighted by molar-refractivity contribution is -0.121. The van der Waals surface area contributed by atoms with E-state index in [2.05, 4.69) is 24.3 Å². The van der Waals surface area contributed by atoms with Crippen LogP contribution < -0.4 is 5.32 Å². The van der Waals surface area contributed by atoms with Gasteiger partial charge < -0.3 is 5.32 Å². The summed E-state index contributed by atoms with van der Waals surface area (Å²) < 4.78 is 1.88. The van der Waals surface area contributed by atoms with Crippen LogP contribution in [-0.4, -0.2) is 22.2 Å². The van der Waals surface area contributed by atoms with Gasteiger partial charge in [-0.15, -0.1) is 0 Å². The van der Waals surface area contributed by atoms with Crippen LogP contribution in [0.5, 0.6) is 0 Å². The van der Waals surface area contributed by atoms with Gasteiger partial charge >= 0.3 is 0 Å². The minimum atomic E-state index is 0.152. The summed E-state index contributed by atoms with van der Waals surface area (Å²) in [4.78, 5) is 11.7. The quantitative estimate of drug-likeness (QED) is 0.735. The summed E-state index contributed by atoms with van der Waals surface area (Å²) in [5.74, 6) is 0.152. The second-order valence-electron chi connectivity index (χ2n) is 5.18. The molecule has 0 saturated carbocycles. The van der Waals surface area contributed by atoms with Gasteiger partial charge in [-0.25, -0.2) is 0 Å². The van der Waals surface area contributed by atoms with Gasteiger partial charge in [0.25, 0.3) is 0 Å². The van der Waals surface area contributed by atoms with E-state index in [1.165, 1.54) is 24.8 Å². The van der Waals surface area contributed by atoms with Crippen LogP contribution in [-0.2, 0) is 18.3 Å². The molecule has 1 aromatic heterocycles. The Bertz CT molecular complexity index is 410. The molecule has 19 heavy (non-hydrogen) atoms. The maximum Gasteiger partial charge on any atom is 0.220 e. The molecule has 0 aromatic carbocycles. The summed E-state index contributed by atoms with van der Waals surface area (Å²) in [5.41, 5.74) is 3.41. The molecular formula is C15H27N3O. The predicted octanol–water partition coefficient (Wildman–Crippen LogP) is 2.67. The van der Waals surface area contributed by atoms with Gasteiger partial charge in [0.15, 0.2) is 0 Å². The normalized spacial score (nSPS) is 10.7. The minimum absolute atomic E-state index is 0.152. The first-order valence-corrected chi connectivity index (χ1v) is 7.32. The van der Waals surface area contributed by atoms with Gasteiger partial charge in [0.2, 0.25) is 5.91 Å². The molecule has 0 atom stereocenters. The Balaban J connectivity index is 2.26. The second-order valence-corrected chi connectivity index (χ2v) is 5.18.